The van der Waals surface area contributed by atoms with E-state index in [1.807, 2.05) is 51.1 Å². The van der Waals surface area contributed by atoms with Crippen LogP contribution in [0.5, 0.6) is 5.75 Å². The van der Waals surface area contributed by atoms with Crippen molar-refractivity contribution in [2.45, 2.75) is 20.8 Å². The molecule has 3 rings (SSSR count). The number of amides is 3. The van der Waals surface area contributed by atoms with Gasteiger partial charge in [0.1, 0.15) is 12.3 Å². The number of nitrogens with zero attached hydrogens (tertiary/aromatic N) is 1. The van der Waals surface area contributed by atoms with Crippen LogP contribution < -0.4 is 10.1 Å². The summed E-state index contributed by atoms with van der Waals surface area (Å²) in [6.45, 7) is 5.96. The van der Waals surface area contributed by atoms with E-state index in [2.05, 4.69) is 5.32 Å². The number of carbonyl (C=O) groups is 3. The Hall–Kier alpha value is -3.06. The molecular formula is C22H22N2O4S. The number of carbonyl (C=O) groups excluding carboxylic acids is 3. The summed E-state index contributed by atoms with van der Waals surface area (Å²) in [5.41, 5.74) is 3.42. The van der Waals surface area contributed by atoms with Crippen molar-refractivity contribution >= 4 is 40.6 Å². The summed E-state index contributed by atoms with van der Waals surface area (Å²) in [6, 6.07) is 12.8. The van der Waals surface area contributed by atoms with Gasteiger partial charge < -0.3 is 10.1 Å². The van der Waals surface area contributed by atoms with Gasteiger partial charge in [0.05, 0.1) is 11.5 Å². The number of ether oxygens (including phenoxy) is 1. The molecule has 150 valence electrons. The van der Waals surface area contributed by atoms with Crippen LogP contribution >= 0.6 is 11.8 Å². The molecule has 0 aliphatic carbocycles. The van der Waals surface area contributed by atoms with Gasteiger partial charge in [0.15, 0.2) is 0 Å². The maximum absolute atomic E-state index is 12.6. The minimum Gasteiger partial charge on any atom is -0.494 e. The Balaban J connectivity index is 1.71. The van der Waals surface area contributed by atoms with E-state index >= 15 is 0 Å². The first-order chi connectivity index (χ1) is 13.9. The van der Waals surface area contributed by atoms with Crippen LogP contribution in [0.15, 0.2) is 47.4 Å². The third-order valence-corrected chi connectivity index (χ3v) is 5.43. The van der Waals surface area contributed by atoms with Crippen molar-refractivity contribution in [3.8, 4) is 5.75 Å². The Bertz CT molecular complexity index is 1000. The normalized spacial score (nSPS) is 15.1. The van der Waals surface area contributed by atoms with Gasteiger partial charge in [-0.1, -0.05) is 24.3 Å². The van der Waals surface area contributed by atoms with Crippen LogP contribution in [0, 0.1) is 13.8 Å². The second kappa shape index (κ2) is 8.96. The fourth-order valence-electron chi connectivity index (χ4n) is 2.87. The van der Waals surface area contributed by atoms with E-state index in [1.54, 1.807) is 18.2 Å². The SMILES string of the molecule is CCOc1cccc(/C=C2\SC(=O)N(CC(=O)Nc3cccc(C)c3C)C2=O)c1. The number of anilines is 1. The monoisotopic (exact) mass is 410 g/mol. The van der Waals surface area contributed by atoms with Crippen LogP contribution in [-0.4, -0.2) is 35.1 Å². The molecule has 1 saturated heterocycles. The minimum absolute atomic E-state index is 0.281. The van der Waals surface area contributed by atoms with Crippen molar-refractivity contribution in [2.24, 2.45) is 0 Å². The zero-order valence-electron chi connectivity index (χ0n) is 16.5. The molecule has 29 heavy (non-hydrogen) atoms. The summed E-state index contributed by atoms with van der Waals surface area (Å²) < 4.78 is 5.46. The lowest BCUT2D eigenvalue weighted by atomic mass is 10.1. The number of aryl methyl sites for hydroxylation is 1. The predicted molar refractivity (Wildman–Crippen MR) is 115 cm³/mol. The fourth-order valence-corrected chi connectivity index (χ4v) is 3.71. The first-order valence-electron chi connectivity index (χ1n) is 9.23. The van der Waals surface area contributed by atoms with Crippen LogP contribution in [0.4, 0.5) is 10.5 Å². The lowest BCUT2D eigenvalue weighted by Gasteiger charge is -2.14. The Morgan fingerprint density at radius 2 is 1.93 bits per heavy atom. The van der Waals surface area contributed by atoms with Gasteiger partial charge in [0, 0.05) is 5.69 Å². The molecule has 1 heterocycles. The maximum Gasteiger partial charge on any atom is 0.294 e. The van der Waals surface area contributed by atoms with Gasteiger partial charge in [-0.25, -0.2) is 0 Å². The predicted octanol–water partition coefficient (Wildman–Crippen LogP) is 4.38. The molecule has 0 saturated carbocycles. The van der Waals surface area contributed by atoms with Crippen molar-refractivity contribution in [1.29, 1.82) is 0 Å². The molecular weight excluding hydrogens is 388 g/mol. The topological polar surface area (TPSA) is 75.7 Å². The summed E-state index contributed by atoms with van der Waals surface area (Å²) in [7, 11) is 0. The number of rotatable bonds is 6. The van der Waals surface area contributed by atoms with Crippen molar-refractivity contribution in [1.82, 2.24) is 4.90 Å². The van der Waals surface area contributed by atoms with Gasteiger partial charge in [0.2, 0.25) is 5.91 Å². The Labute approximate surface area is 173 Å². The lowest BCUT2D eigenvalue weighted by molar-refractivity contribution is -0.127. The van der Waals surface area contributed by atoms with Crippen LogP contribution in [0.25, 0.3) is 6.08 Å². The third kappa shape index (κ3) is 4.86. The van der Waals surface area contributed by atoms with E-state index in [9.17, 15) is 14.4 Å². The summed E-state index contributed by atoms with van der Waals surface area (Å²) in [5, 5.41) is 2.31. The van der Waals surface area contributed by atoms with E-state index in [-0.39, 0.29) is 11.4 Å². The zero-order valence-corrected chi connectivity index (χ0v) is 17.3. The zero-order chi connectivity index (χ0) is 21.0. The molecule has 1 N–H and O–H groups in total. The highest BCUT2D eigenvalue weighted by Crippen LogP contribution is 2.32. The van der Waals surface area contributed by atoms with E-state index < -0.39 is 17.1 Å². The number of nitrogens with one attached hydrogen (secondary N) is 1. The second-order valence-corrected chi connectivity index (χ2v) is 7.56. The van der Waals surface area contributed by atoms with Crippen molar-refractivity contribution < 1.29 is 19.1 Å². The third-order valence-electron chi connectivity index (χ3n) is 4.52. The summed E-state index contributed by atoms with van der Waals surface area (Å²) in [4.78, 5) is 38.6. The highest BCUT2D eigenvalue weighted by Gasteiger charge is 2.36. The smallest absolute Gasteiger partial charge is 0.294 e. The number of thioether (sulfide) groups is 1. The minimum atomic E-state index is -0.474. The van der Waals surface area contributed by atoms with Crippen LogP contribution in [0.1, 0.15) is 23.6 Å². The average Bonchev–Trinajstić information content (AvgIpc) is 2.93. The fraction of sp³-hybridized carbons (Fsp3) is 0.227. The Kier molecular flexibility index (Phi) is 6.39. The van der Waals surface area contributed by atoms with Crippen molar-refractivity contribution in [2.75, 3.05) is 18.5 Å². The number of hydrogen-bond donors (Lipinski definition) is 1. The maximum atomic E-state index is 12.6. The van der Waals surface area contributed by atoms with Gasteiger partial charge in [-0.05, 0) is 73.5 Å². The van der Waals surface area contributed by atoms with Gasteiger partial charge in [-0.15, -0.1) is 0 Å². The molecule has 6 nitrogen and oxygen atoms in total. The average molecular weight is 410 g/mol. The summed E-state index contributed by atoms with van der Waals surface area (Å²) >= 11 is 0.827. The molecule has 7 heteroatoms. The first-order valence-corrected chi connectivity index (χ1v) is 10.0. The highest BCUT2D eigenvalue weighted by molar-refractivity contribution is 8.18. The van der Waals surface area contributed by atoms with E-state index in [1.165, 1.54) is 0 Å². The van der Waals surface area contributed by atoms with Crippen LogP contribution in [0.3, 0.4) is 0 Å². The Morgan fingerprint density at radius 1 is 1.17 bits per heavy atom. The molecule has 0 atom stereocenters. The first kappa shape index (κ1) is 20.7. The molecule has 0 aromatic heterocycles. The second-order valence-electron chi connectivity index (χ2n) is 6.57. The molecule has 1 fully saturated rings. The molecule has 0 radical (unpaired) electrons. The van der Waals surface area contributed by atoms with Crippen LogP contribution in [-0.2, 0) is 9.59 Å². The van der Waals surface area contributed by atoms with Gasteiger partial charge in [-0.3, -0.25) is 19.3 Å². The molecule has 0 bridgehead atoms. The summed E-state index contributed by atoms with van der Waals surface area (Å²) in [5.74, 6) is -0.202. The van der Waals surface area contributed by atoms with Gasteiger partial charge in [-0.2, -0.15) is 0 Å². The highest BCUT2D eigenvalue weighted by atomic mass is 32.2. The van der Waals surface area contributed by atoms with Crippen molar-refractivity contribution in [3.63, 3.8) is 0 Å². The van der Waals surface area contributed by atoms with Gasteiger partial charge in [0.25, 0.3) is 11.1 Å². The molecule has 0 unspecified atom stereocenters. The molecule has 2 aromatic rings. The molecule has 0 spiro atoms. The van der Waals surface area contributed by atoms with E-state index in [4.69, 9.17) is 4.74 Å². The largest absolute Gasteiger partial charge is 0.494 e. The lowest BCUT2D eigenvalue weighted by Crippen LogP contribution is -2.36. The summed E-state index contributed by atoms with van der Waals surface area (Å²) in [6.07, 6.45) is 1.63. The van der Waals surface area contributed by atoms with Gasteiger partial charge >= 0.3 is 0 Å². The number of imide groups is 1. The molecule has 3 amide bonds. The molecule has 1 aliphatic heterocycles. The standard InChI is InChI=1S/C22H22N2O4S/c1-4-28-17-9-6-8-16(11-17)12-19-21(26)24(22(27)29-19)13-20(25)23-18-10-5-7-14(2)15(18)3/h5-12H,4,13H2,1-3H3,(H,23,25)/b19-12-. The van der Waals surface area contributed by atoms with Crippen LogP contribution in [0.2, 0.25) is 0 Å². The van der Waals surface area contributed by atoms with Crippen molar-refractivity contribution in [3.05, 3.63) is 64.1 Å². The molecule has 1 aliphatic rings. The Morgan fingerprint density at radius 3 is 2.69 bits per heavy atom. The number of hydrogen-bond acceptors (Lipinski definition) is 5. The van der Waals surface area contributed by atoms with E-state index in [0.29, 0.717) is 18.0 Å². The quantitative estimate of drug-likeness (QED) is 0.716. The van der Waals surface area contributed by atoms with E-state index in [0.717, 1.165) is 33.4 Å². The molecule has 2 aromatic carbocycles. The number of benzene rings is 2.